The average Bonchev–Trinajstić information content (AvgIpc) is 2.82. The quantitative estimate of drug-likeness (QED) is 0.118. The number of hydrogen-bond acceptors (Lipinski definition) is 1. The van der Waals surface area contributed by atoms with Gasteiger partial charge < -0.3 is 0 Å². The lowest BCUT2D eigenvalue weighted by Crippen LogP contribution is -2.03. The van der Waals surface area contributed by atoms with Crippen molar-refractivity contribution in [3.63, 3.8) is 0 Å². The molecule has 1 nitrogen and oxygen atoms in total. The molecule has 0 radical (unpaired) electrons. The molecule has 0 bridgehead atoms. The van der Waals surface area contributed by atoms with E-state index in [1.807, 2.05) is 13.6 Å². The van der Waals surface area contributed by atoms with Crippen molar-refractivity contribution in [2.45, 2.75) is 127 Å². The van der Waals surface area contributed by atoms with Gasteiger partial charge in [-0.15, -0.1) is 9.24 Å². The fourth-order valence-corrected chi connectivity index (χ4v) is 1.59. The molecule has 0 fully saturated rings. The third kappa shape index (κ3) is 59.2. The van der Waals surface area contributed by atoms with Crippen LogP contribution in [-0.4, -0.2) is 25.3 Å². The van der Waals surface area contributed by atoms with E-state index in [-0.39, 0.29) is 6.54 Å². The lowest BCUT2D eigenvalue weighted by atomic mass is 10.1. The average molecular weight is 492 g/mol. The molecule has 0 aromatic heterocycles. The van der Waals surface area contributed by atoms with Gasteiger partial charge in [0.25, 0.3) is 5.92 Å². The van der Waals surface area contributed by atoms with Crippen LogP contribution in [0.1, 0.15) is 121 Å². The molecule has 0 aromatic rings. The number of nitrogens with zero attached hydrogens (tertiary/aromatic N) is 1. The summed E-state index contributed by atoms with van der Waals surface area (Å²) >= 11 is 0. The van der Waals surface area contributed by atoms with Gasteiger partial charge in [0.15, 0.2) is 0 Å². The topological polar surface area (TPSA) is 12.4 Å². The van der Waals surface area contributed by atoms with Crippen molar-refractivity contribution < 1.29 is 8.78 Å². The third-order valence-electron chi connectivity index (χ3n) is 4.75. The summed E-state index contributed by atoms with van der Waals surface area (Å²) in [7, 11) is 2.42. The molecular weight excluding hydrogens is 431 g/mol. The summed E-state index contributed by atoms with van der Waals surface area (Å²) in [5, 5.41) is 0. The van der Waals surface area contributed by atoms with Gasteiger partial charge in [-0.3, -0.25) is 4.99 Å². The van der Waals surface area contributed by atoms with Crippen molar-refractivity contribution in [1.82, 2.24) is 0 Å². The highest BCUT2D eigenvalue weighted by atomic mass is 31.0. The van der Waals surface area contributed by atoms with Gasteiger partial charge in [-0.1, -0.05) is 118 Å². The van der Waals surface area contributed by atoms with Crippen LogP contribution in [0.15, 0.2) is 40.9 Å². The first-order valence-electron chi connectivity index (χ1n) is 12.9. The van der Waals surface area contributed by atoms with Crippen LogP contribution in [0.5, 0.6) is 0 Å². The van der Waals surface area contributed by atoms with Gasteiger partial charge >= 0.3 is 0 Å². The van der Waals surface area contributed by atoms with E-state index in [0.717, 1.165) is 30.9 Å². The lowest BCUT2D eigenvalue weighted by molar-refractivity contribution is 0.0772. The Morgan fingerprint density at radius 1 is 0.970 bits per heavy atom. The fourth-order valence-electron chi connectivity index (χ4n) is 1.59. The van der Waals surface area contributed by atoms with Crippen molar-refractivity contribution in [2.75, 3.05) is 13.2 Å². The number of allylic oxidation sites excluding steroid dienone is 4. The van der Waals surface area contributed by atoms with Crippen LogP contribution < -0.4 is 0 Å². The normalized spacial score (nSPS) is 10.9. The minimum Gasteiger partial charge on any atom is -0.289 e. The molecule has 0 aromatic carbocycles. The first kappa shape index (κ1) is 42.3. The number of unbranched alkanes of at least 4 members (excludes halogenated alkanes) is 3. The Labute approximate surface area is 210 Å². The maximum atomic E-state index is 12.2. The Bertz CT molecular complexity index is 441. The molecule has 1 unspecified atom stereocenters. The summed E-state index contributed by atoms with van der Waals surface area (Å²) < 4.78 is 24.4. The molecular formula is C29H60F2NP. The molecule has 1 atom stereocenters. The molecule has 200 valence electrons. The van der Waals surface area contributed by atoms with Crippen molar-refractivity contribution >= 4 is 15.5 Å². The van der Waals surface area contributed by atoms with Crippen molar-refractivity contribution in [1.29, 1.82) is 0 Å². The molecule has 0 spiro atoms. The largest absolute Gasteiger partial charge is 0.289 e. The molecule has 4 heteroatoms. The molecule has 0 saturated carbocycles. The van der Waals surface area contributed by atoms with E-state index in [0.29, 0.717) is 0 Å². The van der Waals surface area contributed by atoms with Gasteiger partial charge in [0, 0.05) is 13.1 Å². The monoisotopic (exact) mass is 491 g/mol. The van der Waals surface area contributed by atoms with E-state index >= 15 is 0 Å². The number of rotatable bonds is 11. The number of aliphatic imine (C=N–C) groups is 1. The maximum Gasteiger partial charge on any atom is 0.263 e. The zero-order chi connectivity index (χ0) is 27.1. The smallest absolute Gasteiger partial charge is 0.263 e. The minimum atomic E-state index is -2.74. The summed E-state index contributed by atoms with van der Waals surface area (Å²) in [6, 6.07) is 0. The van der Waals surface area contributed by atoms with Gasteiger partial charge in [0.1, 0.15) is 0 Å². The molecule has 0 aliphatic heterocycles. The van der Waals surface area contributed by atoms with Crippen LogP contribution >= 0.6 is 9.24 Å². The number of hydrogen-bond donors (Lipinski definition) is 0. The van der Waals surface area contributed by atoms with Crippen molar-refractivity contribution in [3.8, 4) is 0 Å². The Balaban J connectivity index is -0.000000111. The van der Waals surface area contributed by atoms with Crippen molar-refractivity contribution in [3.05, 3.63) is 36.0 Å². The summed E-state index contributed by atoms with van der Waals surface area (Å²) in [5.74, 6) is -1.80. The van der Waals surface area contributed by atoms with E-state index in [2.05, 4.69) is 82.3 Å². The summed E-state index contributed by atoms with van der Waals surface area (Å²) in [6.45, 7) is 26.3. The number of alkyl halides is 2. The first-order chi connectivity index (χ1) is 15.5. The Morgan fingerprint density at radius 2 is 1.42 bits per heavy atom. The molecule has 33 heavy (non-hydrogen) atoms. The fraction of sp³-hybridized carbons (Fsp3) is 0.759. The van der Waals surface area contributed by atoms with Crippen molar-refractivity contribution in [2.24, 2.45) is 10.9 Å². The molecule has 0 saturated heterocycles. The van der Waals surface area contributed by atoms with Crippen LogP contribution in [0.2, 0.25) is 0 Å². The standard InChI is InChI=1S/C10H15F2N.C6H14.C6H12.C6H14.CH5P/c1-4-9(2)8-13-7-5-6-10(3,11)12;2*1-4-6(3)5-2;1-3-5-6-4-2;1-2/h5-6,8H,2,4,7H2,1,3H3;6H,4-5H2,1-3H3;4H,5H2,1-3H3;3-6H2,1-2H3;2H2,1H3/b6-5-,13-8?;;6-4+;;. The van der Waals surface area contributed by atoms with Crippen LogP contribution in [0.3, 0.4) is 0 Å². The van der Waals surface area contributed by atoms with E-state index < -0.39 is 5.92 Å². The Hall–Kier alpha value is -0.820. The molecule has 0 aliphatic rings. The maximum absolute atomic E-state index is 12.2. The molecule has 0 rings (SSSR count). The highest BCUT2D eigenvalue weighted by Crippen LogP contribution is 2.12. The summed E-state index contributed by atoms with van der Waals surface area (Å²) in [4.78, 5) is 3.90. The summed E-state index contributed by atoms with van der Waals surface area (Å²) in [5.41, 5.74) is 2.37. The zero-order valence-electron chi connectivity index (χ0n) is 24.2. The molecule has 0 heterocycles. The van der Waals surface area contributed by atoms with Gasteiger partial charge in [-0.05, 0) is 44.3 Å². The lowest BCUT2D eigenvalue weighted by Gasteiger charge is -2.00. The second-order valence-corrected chi connectivity index (χ2v) is 7.98. The van der Waals surface area contributed by atoms with Gasteiger partial charge in [-0.2, -0.15) is 0 Å². The molecule has 0 N–H and O–H groups in total. The predicted molar refractivity (Wildman–Crippen MR) is 157 cm³/mol. The van der Waals surface area contributed by atoms with Crippen LogP contribution in [0, 0.1) is 5.92 Å². The molecule has 0 aliphatic carbocycles. The Kier molecular flexibility index (Phi) is 45.9. The third-order valence-corrected chi connectivity index (χ3v) is 4.75. The van der Waals surface area contributed by atoms with E-state index in [4.69, 9.17) is 0 Å². The SMILES string of the molecule is C/C=C(\C)CC.C=C(C=NC/C=C\C(C)(F)F)CC.CCC(C)CC.CCCCCC.CP. The van der Waals surface area contributed by atoms with Gasteiger partial charge in [0.2, 0.25) is 0 Å². The predicted octanol–water partition coefficient (Wildman–Crippen LogP) is 11.1. The van der Waals surface area contributed by atoms with E-state index in [1.54, 1.807) is 6.21 Å². The molecule has 0 amide bonds. The second kappa shape index (κ2) is 35.8. The Morgan fingerprint density at radius 3 is 1.64 bits per heavy atom. The zero-order valence-corrected chi connectivity index (χ0v) is 25.4. The minimum absolute atomic E-state index is 0.280. The summed E-state index contributed by atoms with van der Waals surface area (Å²) in [6.07, 6.45) is 16.2. The van der Waals surface area contributed by atoms with Crippen LogP contribution in [0.4, 0.5) is 8.78 Å². The first-order valence-corrected chi connectivity index (χ1v) is 14.1. The van der Waals surface area contributed by atoms with Gasteiger partial charge in [0.05, 0.1) is 6.54 Å². The second-order valence-electron chi connectivity index (χ2n) is 7.98. The highest BCUT2D eigenvalue weighted by Gasteiger charge is 2.14. The highest BCUT2D eigenvalue weighted by molar-refractivity contribution is 7.15. The van der Waals surface area contributed by atoms with Gasteiger partial charge in [-0.25, -0.2) is 8.78 Å². The van der Waals surface area contributed by atoms with E-state index in [9.17, 15) is 8.78 Å². The van der Waals surface area contributed by atoms with E-state index in [1.165, 1.54) is 56.6 Å². The van der Waals surface area contributed by atoms with Crippen LogP contribution in [0.25, 0.3) is 0 Å². The number of halogens is 2. The van der Waals surface area contributed by atoms with Crippen LogP contribution in [-0.2, 0) is 0 Å².